The molecule has 0 amide bonds. The van der Waals surface area contributed by atoms with Crippen molar-refractivity contribution in [2.75, 3.05) is 13.2 Å². The predicted molar refractivity (Wildman–Crippen MR) is 70.4 cm³/mol. The van der Waals surface area contributed by atoms with Crippen LogP contribution in [0.5, 0.6) is 0 Å². The van der Waals surface area contributed by atoms with Crippen molar-refractivity contribution in [3.63, 3.8) is 0 Å². The van der Waals surface area contributed by atoms with Gasteiger partial charge in [-0.15, -0.1) is 0 Å². The van der Waals surface area contributed by atoms with Gasteiger partial charge in [-0.25, -0.2) is 0 Å². The Bertz CT molecular complexity index is 294. The second-order valence-corrected chi connectivity index (χ2v) is 6.54. The maximum Gasteiger partial charge on any atom is 0.458 e. The van der Waals surface area contributed by atoms with Gasteiger partial charge in [0.15, 0.2) is 5.79 Å². The van der Waals surface area contributed by atoms with Gasteiger partial charge in [-0.3, -0.25) is 0 Å². The molecule has 0 saturated carbocycles. The van der Waals surface area contributed by atoms with Crippen LogP contribution in [0, 0.1) is 5.92 Å². The number of hydrogen-bond donors (Lipinski definition) is 0. The highest BCUT2D eigenvalue weighted by Crippen LogP contribution is 2.40. The topological polar surface area (TPSA) is 36.9 Å². The Hall–Kier alpha value is -0.0951. The SMILES string of the molecule is C[C@@H](CB1OC(C)(C)C(C)(C)O1)C1(C)OCCO1. The van der Waals surface area contributed by atoms with E-state index in [0.29, 0.717) is 13.2 Å². The molecule has 0 unspecified atom stereocenters. The third-order valence-electron chi connectivity index (χ3n) is 4.60. The standard InChI is InChI=1S/C13H25BO4/c1-10(13(6)15-7-8-16-13)9-14-17-11(2,3)12(4,5)18-14/h10H,7-9H2,1-6H3/t10-/m0/s1. The van der Waals surface area contributed by atoms with Gasteiger partial charge in [0.25, 0.3) is 0 Å². The van der Waals surface area contributed by atoms with Crippen LogP contribution in [0.2, 0.25) is 6.32 Å². The summed E-state index contributed by atoms with van der Waals surface area (Å²) in [5.74, 6) is -0.265. The van der Waals surface area contributed by atoms with Crippen molar-refractivity contribution < 1.29 is 18.8 Å². The van der Waals surface area contributed by atoms with Gasteiger partial charge in [-0.2, -0.15) is 0 Å². The monoisotopic (exact) mass is 256 g/mol. The molecule has 0 aliphatic carbocycles. The first-order valence-electron chi connectivity index (χ1n) is 6.80. The van der Waals surface area contributed by atoms with Crippen LogP contribution in [0.4, 0.5) is 0 Å². The van der Waals surface area contributed by atoms with E-state index >= 15 is 0 Å². The first-order chi connectivity index (χ1) is 8.16. The number of ether oxygens (including phenoxy) is 2. The average Bonchev–Trinajstić information content (AvgIpc) is 2.71. The summed E-state index contributed by atoms with van der Waals surface area (Å²) in [6.45, 7) is 13.7. The van der Waals surface area contributed by atoms with Gasteiger partial charge >= 0.3 is 7.12 Å². The molecule has 2 aliphatic rings. The Morgan fingerprint density at radius 3 is 1.83 bits per heavy atom. The molecule has 0 spiro atoms. The molecule has 0 N–H and O–H groups in total. The smallest absolute Gasteiger partial charge is 0.403 e. The summed E-state index contributed by atoms with van der Waals surface area (Å²) < 4.78 is 23.4. The van der Waals surface area contributed by atoms with E-state index in [1.807, 2.05) is 6.92 Å². The van der Waals surface area contributed by atoms with Crippen molar-refractivity contribution >= 4 is 7.12 Å². The average molecular weight is 256 g/mol. The van der Waals surface area contributed by atoms with E-state index in [-0.39, 0.29) is 24.2 Å². The van der Waals surface area contributed by atoms with Crippen molar-refractivity contribution in [2.45, 2.75) is 64.9 Å². The molecule has 0 aromatic heterocycles. The van der Waals surface area contributed by atoms with Gasteiger partial charge in [0.05, 0.1) is 24.4 Å². The minimum Gasteiger partial charge on any atom is -0.403 e. The van der Waals surface area contributed by atoms with Crippen LogP contribution < -0.4 is 0 Å². The van der Waals surface area contributed by atoms with Crippen molar-refractivity contribution in [2.24, 2.45) is 5.92 Å². The quantitative estimate of drug-likeness (QED) is 0.727. The molecule has 4 nitrogen and oxygen atoms in total. The van der Waals surface area contributed by atoms with E-state index in [2.05, 4.69) is 34.6 Å². The first-order valence-corrected chi connectivity index (χ1v) is 6.80. The van der Waals surface area contributed by atoms with E-state index in [4.69, 9.17) is 18.8 Å². The van der Waals surface area contributed by atoms with Gasteiger partial charge in [-0.05, 0) is 40.9 Å². The van der Waals surface area contributed by atoms with Gasteiger partial charge < -0.3 is 18.8 Å². The van der Waals surface area contributed by atoms with Gasteiger partial charge in [0, 0.05) is 5.92 Å². The lowest BCUT2D eigenvalue weighted by molar-refractivity contribution is -0.173. The fourth-order valence-corrected chi connectivity index (χ4v) is 2.38. The third-order valence-corrected chi connectivity index (χ3v) is 4.60. The van der Waals surface area contributed by atoms with E-state index < -0.39 is 5.79 Å². The zero-order valence-electron chi connectivity index (χ0n) is 12.4. The van der Waals surface area contributed by atoms with E-state index in [1.165, 1.54) is 0 Å². The van der Waals surface area contributed by atoms with Gasteiger partial charge in [0.2, 0.25) is 0 Å². The molecular formula is C13H25BO4. The Kier molecular flexibility index (Phi) is 3.56. The maximum atomic E-state index is 6.01. The summed E-state index contributed by atoms with van der Waals surface area (Å²) >= 11 is 0. The fraction of sp³-hybridized carbons (Fsp3) is 1.00. The minimum absolute atomic E-state index is 0.186. The molecule has 18 heavy (non-hydrogen) atoms. The highest BCUT2D eigenvalue weighted by Gasteiger charge is 2.52. The van der Waals surface area contributed by atoms with Crippen molar-refractivity contribution in [1.29, 1.82) is 0 Å². The van der Waals surface area contributed by atoms with Gasteiger partial charge in [0.1, 0.15) is 0 Å². The summed E-state index contributed by atoms with van der Waals surface area (Å²) in [4.78, 5) is 0. The summed E-state index contributed by atoms with van der Waals surface area (Å²) in [6, 6.07) is 0. The molecule has 5 heteroatoms. The van der Waals surface area contributed by atoms with Crippen molar-refractivity contribution in [3.05, 3.63) is 0 Å². The van der Waals surface area contributed by atoms with Crippen molar-refractivity contribution in [3.8, 4) is 0 Å². The first kappa shape index (κ1) is 14.3. The van der Waals surface area contributed by atoms with Crippen LogP contribution >= 0.6 is 0 Å². The fourth-order valence-electron chi connectivity index (χ4n) is 2.38. The maximum absolute atomic E-state index is 6.01. The van der Waals surface area contributed by atoms with Gasteiger partial charge in [-0.1, -0.05) is 6.92 Å². The predicted octanol–water partition coefficient (Wildman–Crippen LogP) is 2.48. The Morgan fingerprint density at radius 2 is 1.39 bits per heavy atom. The lowest BCUT2D eigenvalue weighted by Crippen LogP contribution is -2.41. The zero-order chi connectivity index (χ0) is 13.6. The summed E-state index contributed by atoms with van der Waals surface area (Å²) in [6.07, 6.45) is 0.781. The third kappa shape index (κ3) is 2.46. The second-order valence-electron chi connectivity index (χ2n) is 6.54. The molecular weight excluding hydrogens is 231 g/mol. The highest BCUT2D eigenvalue weighted by atomic mass is 16.7. The largest absolute Gasteiger partial charge is 0.458 e. The molecule has 1 atom stereocenters. The number of hydrogen-bond acceptors (Lipinski definition) is 4. The van der Waals surface area contributed by atoms with E-state index in [1.54, 1.807) is 0 Å². The van der Waals surface area contributed by atoms with Crippen LogP contribution in [0.25, 0.3) is 0 Å². The Labute approximate surface area is 110 Å². The Balaban J connectivity index is 1.95. The minimum atomic E-state index is -0.496. The zero-order valence-corrected chi connectivity index (χ0v) is 12.4. The summed E-state index contributed by atoms with van der Waals surface area (Å²) in [5.41, 5.74) is -0.536. The molecule has 0 bridgehead atoms. The van der Waals surface area contributed by atoms with Crippen LogP contribution in [0.3, 0.4) is 0 Å². The molecule has 2 fully saturated rings. The molecule has 2 heterocycles. The Morgan fingerprint density at radius 1 is 0.944 bits per heavy atom. The van der Waals surface area contributed by atoms with E-state index in [9.17, 15) is 0 Å². The second kappa shape index (κ2) is 4.48. The lowest BCUT2D eigenvalue weighted by Gasteiger charge is -2.32. The molecule has 104 valence electrons. The van der Waals surface area contributed by atoms with Crippen LogP contribution in [-0.4, -0.2) is 37.3 Å². The van der Waals surface area contributed by atoms with Crippen molar-refractivity contribution in [1.82, 2.24) is 0 Å². The molecule has 0 aromatic rings. The van der Waals surface area contributed by atoms with Crippen LogP contribution in [0.1, 0.15) is 41.5 Å². The normalized spacial score (nSPS) is 30.7. The molecule has 2 rings (SSSR count). The molecule has 2 aliphatic heterocycles. The lowest BCUT2D eigenvalue weighted by atomic mass is 9.75. The van der Waals surface area contributed by atoms with Crippen LogP contribution in [-0.2, 0) is 18.8 Å². The summed E-state index contributed by atoms with van der Waals surface area (Å²) in [7, 11) is -0.186. The molecule has 2 saturated heterocycles. The highest BCUT2D eigenvalue weighted by molar-refractivity contribution is 6.45. The van der Waals surface area contributed by atoms with E-state index in [0.717, 1.165) is 6.32 Å². The number of rotatable bonds is 3. The van der Waals surface area contributed by atoms with Crippen LogP contribution in [0.15, 0.2) is 0 Å². The molecule has 0 radical (unpaired) electrons. The summed E-state index contributed by atoms with van der Waals surface area (Å²) in [5, 5.41) is 0. The molecule has 0 aromatic carbocycles.